The lowest BCUT2D eigenvalue weighted by molar-refractivity contribution is 0.0994. The molecule has 0 spiro atoms. The molecule has 94 valence electrons. The third-order valence-corrected chi connectivity index (χ3v) is 4.50. The summed E-state index contributed by atoms with van der Waals surface area (Å²) >= 11 is 4.96. The lowest BCUT2D eigenvalue weighted by Gasteiger charge is -2.07. The second-order valence-corrected chi connectivity index (χ2v) is 5.60. The quantitative estimate of drug-likeness (QED) is 0.691. The summed E-state index contributed by atoms with van der Waals surface area (Å²) in [7, 11) is 1.57. The van der Waals surface area contributed by atoms with E-state index in [1.165, 1.54) is 0 Å². The number of methoxy groups -OCH3 is 1. The first kappa shape index (κ1) is 13.1. The highest BCUT2D eigenvalue weighted by molar-refractivity contribution is 9.10. The van der Waals surface area contributed by atoms with E-state index in [1.807, 2.05) is 11.4 Å². The Morgan fingerprint density at radius 3 is 2.83 bits per heavy atom. The van der Waals surface area contributed by atoms with Crippen molar-refractivity contribution in [3.8, 4) is 5.75 Å². The summed E-state index contributed by atoms with van der Waals surface area (Å²) in [6.45, 7) is 0. The highest BCUT2D eigenvalue weighted by atomic mass is 79.9. The van der Waals surface area contributed by atoms with Gasteiger partial charge in [-0.15, -0.1) is 11.3 Å². The van der Waals surface area contributed by atoms with Gasteiger partial charge in [0, 0.05) is 27.0 Å². The molecule has 5 heteroatoms. The van der Waals surface area contributed by atoms with Gasteiger partial charge in [0.2, 0.25) is 0 Å². The molecule has 0 aliphatic carbocycles. The van der Waals surface area contributed by atoms with Crippen molar-refractivity contribution < 1.29 is 9.53 Å². The van der Waals surface area contributed by atoms with Gasteiger partial charge in [0.25, 0.3) is 0 Å². The maximum absolute atomic E-state index is 12.2. The summed E-state index contributed by atoms with van der Waals surface area (Å²) in [5.74, 6) is 0.632. The van der Waals surface area contributed by atoms with Crippen LogP contribution in [-0.2, 0) is 6.42 Å². The zero-order chi connectivity index (χ0) is 13.1. The van der Waals surface area contributed by atoms with E-state index in [9.17, 15) is 4.79 Å². The highest BCUT2D eigenvalue weighted by Crippen LogP contribution is 2.26. The molecule has 0 atom stereocenters. The van der Waals surface area contributed by atoms with E-state index in [0.29, 0.717) is 23.4 Å². The number of nitrogen functional groups attached to an aromatic ring is 1. The van der Waals surface area contributed by atoms with Gasteiger partial charge in [-0.2, -0.15) is 0 Å². The Balaban J connectivity index is 2.26. The lowest BCUT2D eigenvalue weighted by Crippen LogP contribution is -2.06. The highest BCUT2D eigenvalue weighted by Gasteiger charge is 2.14. The van der Waals surface area contributed by atoms with Crippen molar-refractivity contribution in [1.82, 2.24) is 0 Å². The lowest BCUT2D eigenvalue weighted by atomic mass is 10.1. The fourth-order valence-electron chi connectivity index (χ4n) is 1.60. The molecular formula is C13H12BrNO2S. The van der Waals surface area contributed by atoms with Crippen molar-refractivity contribution in [1.29, 1.82) is 0 Å². The van der Waals surface area contributed by atoms with E-state index in [4.69, 9.17) is 10.5 Å². The number of ketones is 1. The number of benzene rings is 1. The number of Topliss-reactive ketones (excluding diaryl/α,β-unsaturated/α-hetero) is 1. The Morgan fingerprint density at radius 1 is 1.44 bits per heavy atom. The zero-order valence-electron chi connectivity index (χ0n) is 9.77. The number of carbonyl (C=O) groups excluding carboxylic acids is 1. The van der Waals surface area contributed by atoms with E-state index in [-0.39, 0.29) is 5.78 Å². The second-order valence-electron chi connectivity index (χ2n) is 3.74. The van der Waals surface area contributed by atoms with Gasteiger partial charge in [-0.1, -0.05) is 0 Å². The van der Waals surface area contributed by atoms with Gasteiger partial charge in [0.05, 0.1) is 7.11 Å². The van der Waals surface area contributed by atoms with Gasteiger partial charge < -0.3 is 10.5 Å². The molecule has 0 fully saturated rings. The van der Waals surface area contributed by atoms with Crippen molar-refractivity contribution in [3.05, 3.63) is 44.6 Å². The molecular weight excluding hydrogens is 314 g/mol. The van der Waals surface area contributed by atoms with Crippen LogP contribution < -0.4 is 10.5 Å². The Morgan fingerprint density at radius 2 is 2.22 bits per heavy atom. The van der Waals surface area contributed by atoms with Crippen molar-refractivity contribution >= 4 is 38.7 Å². The predicted octanol–water partition coefficient (Wildman–Crippen LogP) is 3.53. The van der Waals surface area contributed by atoms with Gasteiger partial charge in [0.1, 0.15) is 5.75 Å². The molecule has 2 rings (SSSR count). The Kier molecular flexibility index (Phi) is 4.04. The molecule has 0 aliphatic rings. The van der Waals surface area contributed by atoms with Crippen LogP contribution in [-0.4, -0.2) is 12.9 Å². The van der Waals surface area contributed by atoms with E-state index < -0.39 is 0 Å². The largest absolute Gasteiger partial charge is 0.497 e. The van der Waals surface area contributed by atoms with Crippen molar-refractivity contribution in [2.45, 2.75) is 6.42 Å². The Hall–Kier alpha value is -1.33. The van der Waals surface area contributed by atoms with E-state index >= 15 is 0 Å². The number of thiophene rings is 1. The maximum atomic E-state index is 12.2. The second kappa shape index (κ2) is 5.54. The average Bonchev–Trinajstić information content (AvgIpc) is 2.75. The molecule has 0 unspecified atom stereocenters. The summed E-state index contributed by atoms with van der Waals surface area (Å²) < 4.78 is 6.06. The minimum atomic E-state index is -0.00505. The van der Waals surface area contributed by atoms with Crippen molar-refractivity contribution in [2.75, 3.05) is 12.8 Å². The van der Waals surface area contributed by atoms with Crippen LogP contribution in [0.5, 0.6) is 5.75 Å². The first-order valence-corrected chi connectivity index (χ1v) is 6.97. The molecule has 0 radical (unpaired) electrons. The van der Waals surface area contributed by atoms with E-state index in [1.54, 1.807) is 36.6 Å². The van der Waals surface area contributed by atoms with Crippen molar-refractivity contribution in [2.24, 2.45) is 0 Å². The molecule has 1 aromatic heterocycles. The molecule has 3 nitrogen and oxygen atoms in total. The fourth-order valence-corrected chi connectivity index (χ4v) is 3.09. The summed E-state index contributed by atoms with van der Waals surface area (Å²) in [4.78, 5) is 13.2. The van der Waals surface area contributed by atoms with Crippen LogP contribution in [0.25, 0.3) is 0 Å². The van der Waals surface area contributed by atoms with Crippen LogP contribution in [0.15, 0.2) is 34.1 Å². The van der Waals surface area contributed by atoms with Crippen LogP contribution in [0.4, 0.5) is 5.69 Å². The minimum Gasteiger partial charge on any atom is -0.497 e. The molecule has 0 saturated heterocycles. The molecule has 1 aromatic carbocycles. The summed E-state index contributed by atoms with van der Waals surface area (Å²) in [6.07, 6.45) is 0.343. The molecule has 0 amide bonds. The number of hydrogen-bond acceptors (Lipinski definition) is 4. The van der Waals surface area contributed by atoms with Gasteiger partial charge in [0.15, 0.2) is 5.78 Å². The van der Waals surface area contributed by atoms with Gasteiger partial charge >= 0.3 is 0 Å². The SMILES string of the molecule is COc1ccc(N)c(C(=O)Cc2sccc2Br)c1. The van der Waals surface area contributed by atoms with Crippen LogP contribution in [0.1, 0.15) is 15.2 Å². The number of carbonyl (C=O) groups is 1. The van der Waals surface area contributed by atoms with Crippen LogP contribution in [0.3, 0.4) is 0 Å². The third kappa shape index (κ3) is 2.73. The average molecular weight is 326 g/mol. The number of rotatable bonds is 4. The fraction of sp³-hybridized carbons (Fsp3) is 0.154. The Bertz CT molecular complexity index is 580. The molecule has 0 bridgehead atoms. The number of anilines is 1. The molecule has 2 aromatic rings. The standard InChI is InChI=1S/C13H12BrNO2S/c1-17-8-2-3-11(15)9(6-8)12(16)7-13-10(14)4-5-18-13/h2-6H,7,15H2,1H3. The third-order valence-electron chi connectivity index (χ3n) is 2.57. The first-order valence-electron chi connectivity index (χ1n) is 5.30. The van der Waals surface area contributed by atoms with Crippen molar-refractivity contribution in [3.63, 3.8) is 0 Å². The predicted molar refractivity (Wildman–Crippen MR) is 77.5 cm³/mol. The maximum Gasteiger partial charge on any atom is 0.170 e. The molecule has 18 heavy (non-hydrogen) atoms. The molecule has 0 saturated carbocycles. The molecule has 2 N–H and O–H groups in total. The van der Waals surface area contributed by atoms with Crippen LogP contribution in [0.2, 0.25) is 0 Å². The number of halogens is 1. The zero-order valence-corrected chi connectivity index (χ0v) is 12.2. The van der Waals surface area contributed by atoms with Gasteiger partial charge in [-0.3, -0.25) is 4.79 Å². The molecule has 1 heterocycles. The normalized spacial score (nSPS) is 10.3. The number of nitrogens with two attached hydrogens (primary N) is 1. The number of ether oxygens (including phenoxy) is 1. The number of hydrogen-bond donors (Lipinski definition) is 1. The van der Waals surface area contributed by atoms with E-state index in [2.05, 4.69) is 15.9 Å². The molecule has 0 aliphatic heterocycles. The summed E-state index contributed by atoms with van der Waals surface area (Å²) in [5, 5.41) is 1.95. The van der Waals surface area contributed by atoms with E-state index in [0.717, 1.165) is 9.35 Å². The van der Waals surface area contributed by atoms with Gasteiger partial charge in [-0.05, 0) is 45.6 Å². The topological polar surface area (TPSA) is 52.3 Å². The first-order chi connectivity index (χ1) is 8.61. The summed E-state index contributed by atoms with van der Waals surface area (Å²) in [5.41, 5.74) is 6.82. The van der Waals surface area contributed by atoms with Crippen LogP contribution >= 0.6 is 27.3 Å². The monoisotopic (exact) mass is 325 g/mol. The minimum absolute atomic E-state index is 0.00505. The smallest absolute Gasteiger partial charge is 0.170 e. The Labute approximate surface area is 118 Å². The van der Waals surface area contributed by atoms with Gasteiger partial charge in [-0.25, -0.2) is 0 Å². The summed E-state index contributed by atoms with van der Waals surface area (Å²) in [6, 6.07) is 7.05. The van der Waals surface area contributed by atoms with Crippen LogP contribution in [0, 0.1) is 0 Å².